The van der Waals surface area contributed by atoms with Crippen molar-refractivity contribution in [1.82, 2.24) is 0 Å². The highest BCUT2D eigenvalue weighted by Gasteiger charge is 2.20. The van der Waals surface area contributed by atoms with Crippen LogP contribution in [0, 0.1) is 5.82 Å². The van der Waals surface area contributed by atoms with E-state index in [4.69, 9.17) is 11.5 Å². The van der Waals surface area contributed by atoms with E-state index >= 15 is 0 Å². The molecule has 0 bridgehead atoms. The molecule has 1 aliphatic carbocycles. The average Bonchev–Trinajstić information content (AvgIpc) is 2.35. The predicted molar refractivity (Wildman–Crippen MR) is 46.1 cm³/mol. The van der Waals surface area contributed by atoms with Gasteiger partial charge in [0.05, 0.1) is 5.69 Å². The van der Waals surface area contributed by atoms with E-state index in [9.17, 15) is 4.39 Å². The van der Waals surface area contributed by atoms with Crippen LogP contribution in [0.4, 0.5) is 10.1 Å². The first-order chi connectivity index (χ1) is 5.68. The third-order valence-electron chi connectivity index (χ3n) is 2.38. The molecule has 12 heavy (non-hydrogen) atoms. The van der Waals surface area contributed by atoms with E-state index in [1.807, 2.05) is 0 Å². The van der Waals surface area contributed by atoms with Crippen molar-refractivity contribution < 1.29 is 4.39 Å². The van der Waals surface area contributed by atoms with Crippen molar-refractivity contribution in [2.24, 2.45) is 5.73 Å². The number of benzene rings is 1. The van der Waals surface area contributed by atoms with Gasteiger partial charge in [0.15, 0.2) is 0 Å². The minimum absolute atomic E-state index is 0.00454. The monoisotopic (exact) mass is 166 g/mol. The second-order valence-corrected chi connectivity index (χ2v) is 3.22. The number of halogens is 1. The molecule has 1 aromatic carbocycles. The molecule has 0 amide bonds. The number of anilines is 1. The Morgan fingerprint density at radius 1 is 1.42 bits per heavy atom. The van der Waals surface area contributed by atoms with Gasteiger partial charge in [-0.15, -0.1) is 0 Å². The molecular weight excluding hydrogens is 155 g/mol. The lowest BCUT2D eigenvalue weighted by Gasteiger charge is -2.05. The van der Waals surface area contributed by atoms with Crippen molar-refractivity contribution in [3.05, 3.63) is 29.1 Å². The summed E-state index contributed by atoms with van der Waals surface area (Å²) in [6.07, 6.45) is 1.82. The molecule has 0 saturated carbocycles. The second-order valence-electron chi connectivity index (χ2n) is 3.22. The Balaban J connectivity index is 2.56. The SMILES string of the molecule is Nc1cc2c(cc1F)C(N)CC2. The van der Waals surface area contributed by atoms with Crippen molar-refractivity contribution in [1.29, 1.82) is 0 Å². The maximum atomic E-state index is 13.0. The highest BCUT2D eigenvalue weighted by atomic mass is 19.1. The topological polar surface area (TPSA) is 52.0 Å². The largest absolute Gasteiger partial charge is 0.396 e. The summed E-state index contributed by atoms with van der Waals surface area (Å²) >= 11 is 0. The molecule has 4 N–H and O–H groups in total. The predicted octanol–water partition coefficient (Wildman–Crippen LogP) is 1.35. The maximum Gasteiger partial charge on any atom is 0.146 e. The Morgan fingerprint density at radius 3 is 2.92 bits per heavy atom. The quantitative estimate of drug-likeness (QED) is 0.571. The van der Waals surface area contributed by atoms with E-state index in [0.29, 0.717) is 0 Å². The Kier molecular flexibility index (Phi) is 1.54. The van der Waals surface area contributed by atoms with Crippen LogP contribution in [0.15, 0.2) is 12.1 Å². The molecular formula is C9H11FN2. The molecule has 1 aromatic rings. The fraction of sp³-hybridized carbons (Fsp3) is 0.333. The summed E-state index contributed by atoms with van der Waals surface area (Å²) in [5.41, 5.74) is 13.4. The van der Waals surface area contributed by atoms with E-state index in [2.05, 4.69) is 0 Å². The first kappa shape index (κ1) is 7.55. The van der Waals surface area contributed by atoms with Crippen molar-refractivity contribution in [2.45, 2.75) is 18.9 Å². The van der Waals surface area contributed by atoms with Crippen LogP contribution in [0.3, 0.4) is 0 Å². The van der Waals surface area contributed by atoms with Crippen LogP contribution in [0.25, 0.3) is 0 Å². The first-order valence-corrected chi connectivity index (χ1v) is 4.02. The van der Waals surface area contributed by atoms with Gasteiger partial charge in [0.1, 0.15) is 5.82 Å². The molecule has 0 aliphatic heterocycles. The highest BCUT2D eigenvalue weighted by molar-refractivity contribution is 5.48. The summed E-state index contributed by atoms with van der Waals surface area (Å²) in [4.78, 5) is 0. The van der Waals surface area contributed by atoms with Crippen LogP contribution in [0.5, 0.6) is 0 Å². The summed E-state index contributed by atoms with van der Waals surface area (Å²) in [5, 5.41) is 0. The van der Waals surface area contributed by atoms with Gasteiger partial charge in [-0.25, -0.2) is 4.39 Å². The number of hydrogen-bond donors (Lipinski definition) is 2. The third kappa shape index (κ3) is 0.975. The molecule has 1 atom stereocenters. The van der Waals surface area contributed by atoms with Gasteiger partial charge in [0, 0.05) is 6.04 Å². The van der Waals surface area contributed by atoms with E-state index in [1.165, 1.54) is 6.07 Å². The summed E-state index contributed by atoms with van der Waals surface area (Å²) in [6.45, 7) is 0. The van der Waals surface area contributed by atoms with E-state index in [1.54, 1.807) is 6.07 Å². The third-order valence-corrected chi connectivity index (χ3v) is 2.38. The summed E-state index contributed by atoms with van der Waals surface area (Å²) in [5.74, 6) is -0.355. The summed E-state index contributed by atoms with van der Waals surface area (Å²) in [7, 11) is 0. The fourth-order valence-electron chi connectivity index (χ4n) is 1.68. The lowest BCUT2D eigenvalue weighted by atomic mass is 10.1. The van der Waals surface area contributed by atoms with Crippen molar-refractivity contribution >= 4 is 5.69 Å². The Labute approximate surface area is 70.4 Å². The van der Waals surface area contributed by atoms with Gasteiger partial charge in [-0.1, -0.05) is 0 Å². The number of hydrogen-bond acceptors (Lipinski definition) is 2. The van der Waals surface area contributed by atoms with Crippen molar-refractivity contribution in [2.75, 3.05) is 5.73 Å². The van der Waals surface area contributed by atoms with Gasteiger partial charge in [0.2, 0.25) is 0 Å². The molecule has 0 heterocycles. The number of rotatable bonds is 0. The number of fused-ring (bicyclic) bond motifs is 1. The lowest BCUT2D eigenvalue weighted by molar-refractivity contribution is 0.626. The molecule has 2 rings (SSSR count). The standard InChI is InChI=1S/C9H11FN2/c10-7-4-6-5(3-9(7)12)1-2-8(6)11/h3-4,8H,1-2,11-12H2. The highest BCUT2D eigenvalue weighted by Crippen LogP contribution is 2.31. The fourth-order valence-corrected chi connectivity index (χ4v) is 1.68. The van der Waals surface area contributed by atoms with Gasteiger partial charge < -0.3 is 11.5 Å². The number of aryl methyl sites for hydroxylation is 1. The van der Waals surface area contributed by atoms with Gasteiger partial charge in [-0.05, 0) is 36.1 Å². The van der Waals surface area contributed by atoms with Gasteiger partial charge in [-0.2, -0.15) is 0 Å². The lowest BCUT2D eigenvalue weighted by Crippen LogP contribution is -2.06. The number of nitrogens with two attached hydrogens (primary N) is 2. The summed E-state index contributed by atoms with van der Waals surface area (Å²) in [6, 6.07) is 3.15. The van der Waals surface area contributed by atoms with Crippen LogP contribution in [-0.2, 0) is 6.42 Å². The Hall–Kier alpha value is -1.09. The normalized spacial score (nSPS) is 21.0. The maximum absolute atomic E-state index is 13.0. The smallest absolute Gasteiger partial charge is 0.146 e. The van der Waals surface area contributed by atoms with Gasteiger partial charge in [-0.3, -0.25) is 0 Å². The molecule has 1 aliphatic rings. The molecule has 0 spiro atoms. The van der Waals surface area contributed by atoms with Crippen LogP contribution < -0.4 is 11.5 Å². The zero-order chi connectivity index (χ0) is 8.72. The van der Waals surface area contributed by atoms with Crippen LogP contribution in [0.2, 0.25) is 0 Å². The Morgan fingerprint density at radius 2 is 2.17 bits per heavy atom. The summed E-state index contributed by atoms with van der Waals surface area (Å²) < 4.78 is 13.0. The first-order valence-electron chi connectivity index (χ1n) is 4.02. The minimum atomic E-state index is -0.355. The van der Waals surface area contributed by atoms with Gasteiger partial charge >= 0.3 is 0 Å². The van der Waals surface area contributed by atoms with E-state index in [-0.39, 0.29) is 17.5 Å². The molecule has 0 aromatic heterocycles. The molecule has 0 fully saturated rings. The number of nitrogen functional groups attached to an aromatic ring is 1. The zero-order valence-corrected chi connectivity index (χ0v) is 6.68. The van der Waals surface area contributed by atoms with Crippen molar-refractivity contribution in [3.8, 4) is 0 Å². The molecule has 3 heteroatoms. The van der Waals surface area contributed by atoms with Crippen LogP contribution in [-0.4, -0.2) is 0 Å². The van der Waals surface area contributed by atoms with Gasteiger partial charge in [0.25, 0.3) is 0 Å². The van der Waals surface area contributed by atoms with E-state index in [0.717, 1.165) is 24.0 Å². The second kappa shape index (κ2) is 2.45. The molecule has 1 unspecified atom stereocenters. The molecule has 64 valence electrons. The molecule has 2 nitrogen and oxygen atoms in total. The zero-order valence-electron chi connectivity index (χ0n) is 6.68. The van der Waals surface area contributed by atoms with Crippen LogP contribution in [0.1, 0.15) is 23.6 Å². The van der Waals surface area contributed by atoms with E-state index < -0.39 is 0 Å². The van der Waals surface area contributed by atoms with Crippen molar-refractivity contribution in [3.63, 3.8) is 0 Å². The Bertz CT molecular complexity index is 323. The molecule has 0 saturated heterocycles. The molecule has 0 radical (unpaired) electrons. The minimum Gasteiger partial charge on any atom is -0.396 e. The van der Waals surface area contributed by atoms with Crippen LogP contribution >= 0.6 is 0 Å². The average molecular weight is 166 g/mol.